The van der Waals surface area contributed by atoms with E-state index in [2.05, 4.69) is 29.2 Å². The fourth-order valence-corrected chi connectivity index (χ4v) is 3.48. The molecule has 1 aliphatic rings. The van der Waals surface area contributed by atoms with Crippen LogP contribution in [0.25, 0.3) is 0 Å². The lowest BCUT2D eigenvalue weighted by molar-refractivity contribution is -0.142. The summed E-state index contributed by atoms with van der Waals surface area (Å²) in [7, 11) is 3.67. The van der Waals surface area contributed by atoms with Gasteiger partial charge in [-0.3, -0.25) is 19.2 Å². The first kappa shape index (κ1) is 19.1. The highest BCUT2D eigenvalue weighted by atomic mass is 16.2. The second-order valence-corrected chi connectivity index (χ2v) is 7.47. The highest BCUT2D eigenvalue weighted by molar-refractivity contribution is 6.04. The zero-order valence-electron chi connectivity index (χ0n) is 16.3. The van der Waals surface area contributed by atoms with Crippen LogP contribution in [-0.4, -0.2) is 57.6 Å². The van der Waals surface area contributed by atoms with Gasteiger partial charge in [-0.1, -0.05) is 26.0 Å². The molecule has 2 aromatic rings. The molecule has 0 aliphatic carbocycles. The Kier molecular flexibility index (Phi) is 5.60. The van der Waals surface area contributed by atoms with E-state index in [9.17, 15) is 9.59 Å². The molecule has 1 aliphatic heterocycles. The molecule has 1 aromatic heterocycles. The number of aryl methyl sites for hydroxylation is 1. The molecule has 27 heavy (non-hydrogen) atoms. The Hall–Kier alpha value is -2.67. The molecule has 144 valence electrons. The molecule has 2 amide bonds. The fourth-order valence-electron chi connectivity index (χ4n) is 3.48. The molecule has 1 N–H and O–H groups in total. The molecule has 0 bridgehead atoms. The highest BCUT2D eigenvalue weighted by Crippen LogP contribution is 2.21. The van der Waals surface area contributed by atoms with E-state index in [0.717, 1.165) is 18.7 Å². The van der Waals surface area contributed by atoms with Crippen molar-refractivity contribution in [2.45, 2.75) is 26.4 Å². The van der Waals surface area contributed by atoms with Crippen LogP contribution in [0.1, 0.15) is 29.8 Å². The van der Waals surface area contributed by atoms with Crippen molar-refractivity contribution >= 4 is 17.5 Å². The first-order chi connectivity index (χ1) is 12.8. The van der Waals surface area contributed by atoms with E-state index >= 15 is 0 Å². The van der Waals surface area contributed by atoms with Gasteiger partial charge in [0, 0.05) is 45.5 Å². The van der Waals surface area contributed by atoms with E-state index < -0.39 is 0 Å². The summed E-state index contributed by atoms with van der Waals surface area (Å²) in [6.45, 7) is 6.47. The predicted octanol–water partition coefficient (Wildman–Crippen LogP) is 1.97. The Balaban J connectivity index is 1.66. The average molecular weight is 369 g/mol. The lowest BCUT2D eigenvalue weighted by Gasteiger charge is -2.41. The van der Waals surface area contributed by atoms with Gasteiger partial charge in [0.15, 0.2) is 0 Å². The SMILES string of the molecule is CC(C)C1C(=O)N(C)CCN1Cc1ccc(C(=O)Nc2cnn(C)c2)cc1. The van der Waals surface area contributed by atoms with E-state index in [1.165, 1.54) is 0 Å². The van der Waals surface area contributed by atoms with Gasteiger partial charge >= 0.3 is 0 Å². The van der Waals surface area contributed by atoms with Crippen molar-refractivity contribution in [3.05, 3.63) is 47.8 Å². The zero-order chi connectivity index (χ0) is 19.6. The van der Waals surface area contributed by atoms with Crippen LogP contribution in [0.15, 0.2) is 36.7 Å². The maximum atomic E-state index is 12.5. The summed E-state index contributed by atoms with van der Waals surface area (Å²) < 4.78 is 1.64. The minimum Gasteiger partial charge on any atom is -0.343 e. The smallest absolute Gasteiger partial charge is 0.255 e. The topological polar surface area (TPSA) is 70.5 Å². The van der Waals surface area contributed by atoms with Gasteiger partial charge in [0.05, 0.1) is 17.9 Å². The maximum absolute atomic E-state index is 12.5. The van der Waals surface area contributed by atoms with Crippen molar-refractivity contribution in [3.63, 3.8) is 0 Å². The van der Waals surface area contributed by atoms with E-state index in [-0.39, 0.29) is 23.8 Å². The molecule has 1 fully saturated rings. The number of hydrogen-bond acceptors (Lipinski definition) is 4. The summed E-state index contributed by atoms with van der Waals surface area (Å²) in [5.74, 6) is 0.276. The number of rotatable bonds is 5. The number of hydrogen-bond donors (Lipinski definition) is 1. The van der Waals surface area contributed by atoms with Gasteiger partial charge < -0.3 is 10.2 Å². The largest absolute Gasteiger partial charge is 0.343 e. The Morgan fingerprint density at radius 3 is 2.52 bits per heavy atom. The van der Waals surface area contributed by atoms with Gasteiger partial charge in [0.1, 0.15) is 0 Å². The Morgan fingerprint density at radius 1 is 1.22 bits per heavy atom. The summed E-state index contributed by atoms with van der Waals surface area (Å²) in [4.78, 5) is 28.9. The monoisotopic (exact) mass is 369 g/mol. The first-order valence-corrected chi connectivity index (χ1v) is 9.23. The van der Waals surface area contributed by atoms with Crippen molar-refractivity contribution in [3.8, 4) is 0 Å². The summed E-state index contributed by atoms with van der Waals surface area (Å²) in [5, 5.41) is 6.87. The van der Waals surface area contributed by atoms with Crippen LogP contribution in [0.4, 0.5) is 5.69 Å². The predicted molar refractivity (Wildman–Crippen MR) is 104 cm³/mol. The Labute approximate surface area is 159 Å². The molecule has 1 unspecified atom stereocenters. The molecule has 0 spiro atoms. The zero-order valence-corrected chi connectivity index (χ0v) is 16.3. The van der Waals surface area contributed by atoms with Crippen LogP contribution in [0.2, 0.25) is 0 Å². The van der Waals surface area contributed by atoms with Crippen LogP contribution < -0.4 is 5.32 Å². The number of aromatic nitrogens is 2. The van der Waals surface area contributed by atoms with Gasteiger partial charge in [0.2, 0.25) is 5.91 Å². The minimum absolute atomic E-state index is 0.0997. The van der Waals surface area contributed by atoms with Crippen LogP contribution in [0.3, 0.4) is 0 Å². The summed E-state index contributed by atoms with van der Waals surface area (Å²) in [6, 6.07) is 7.46. The molecule has 1 aromatic carbocycles. The summed E-state index contributed by atoms with van der Waals surface area (Å²) in [6.07, 6.45) is 3.37. The number of carbonyl (C=O) groups excluding carboxylic acids is 2. The number of carbonyl (C=O) groups is 2. The number of piperazine rings is 1. The van der Waals surface area contributed by atoms with Crippen molar-refractivity contribution < 1.29 is 9.59 Å². The molecule has 7 nitrogen and oxygen atoms in total. The number of nitrogens with one attached hydrogen (secondary N) is 1. The summed E-state index contributed by atoms with van der Waals surface area (Å²) in [5.41, 5.74) is 2.36. The van der Waals surface area contributed by atoms with Crippen molar-refractivity contribution in [2.24, 2.45) is 13.0 Å². The molecule has 7 heteroatoms. The minimum atomic E-state index is -0.163. The number of likely N-dealkylation sites (N-methyl/N-ethyl adjacent to an activating group) is 1. The fraction of sp³-hybridized carbons (Fsp3) is 0.450. The summed E-state index contributed by atoms with van der Waals surface area (Å²) >= 11 is 0. The van der Waals surface area contributed by atoms with Gasteiger partial charge in [-0.25, -0.2) is 0 Å². The third kappa shape index (κ3) is 4.36. The van der Waals surface area contributed by atoms with E-state index in [4.69, 9.17) is 0 Å². The van der Waals surface area contributed by atoms with Crippen LogP contribution in [0.5, 0.6) is 0 Å². The molecular formula is C20H27N5O2. The van der Waals surface area contributed by atoms with Gasteiger partial charge in [-0.05, 0) is 23.6 Å². The highest BCUT2D eigenvalue weighted by Gasteiger charge is 2.34. The quantitative estimate of drug-likeness (QED) is 0.875. The lowest BCUT2D eigenvalue weighted by Crippen LogP contribution is -2.57. The van der Waals surface area contributed by atoms with Gasteiger partial charge in [-0.2, -0.15) is 5.10 Å². The third-order valence-corrected chi connectivity index (χ3v) is 4.94. The van der Waals surface area contributed by atoms with Gasteiger partial charge in [-0.15, -0.1) is 0 Å². The van der Waals surface area contributed by atoms with Crippen molar-refractivity contribution in [1.82, 2.24) is 19.6 Å². The maximum Gasteiger partial charge on any atom is 0.255 e. The molecule has 0 saturated carbocycles. The van der Waals surface area contributed by atoms with E-state index in [0.29, 0.717) is 17.8 Å². The molecule has 0 radical (unpaired) electrons. The van der Waals surface area contributed by atoms with E-state index in [1.54, 1.807) is 24.1 Å². The molecule has 3 rings (SSSR count). The van der Waals surface area contributed by atoms with Gasteiger partial charge in [0.25, 0.3) is 5.91 Å². The van der Waals surface area contributed by atoms with Crippen LogP contribution in [-0.2, 0) is 18.4 Å². The first-order valence-electron chi connectivity index (χ1n) is 9.23. The molecular weight excluding hydrogens is 342 g/mol. The Bertz CT molecular complexity index is 812. The second-order valence-electron chi connectivity index (χ2n) is 7.47. The molecule has 2 heterocycles. The third-order valence-electron chi connectivity index (χ3n) is 4.94. The average Bonchev–Trinajstić information content (AvgIpc) is 3.03. The molecule has 1 saturated heterocycles. The number of amides is 2. The van der Waals surface area contributed by atoms with E-state index in [1.807, 2.05) is 36.2 Å². The lowest BCUT2D eigenvalue weighted by atomic mass is 9.98. The number of nitrogens with zero attached hydrogens (tertiary/aromatic N) is 4. The second kappa shape index (κ2) is 7.92. The van der Waals surface area contributed by atoms with Crippen LogP contribution >= 0.6 is 0 Å². The number of anilines is 1. The van der Waals surface area contributed by atoms with Crippen molar-refractivity contribution in [2.75, 3.05) is 25.5 Å². The number of benzene rings is 1. The normalized spacial score (nSPS) is 18.2. The van der Waals surface area contributed by atoms with Crippen LogP contribution in [0, 0.1) is 5.92 Å². The standard InChI is InChI=1S/C20H27N5O2/c1-14(2)18-20(27)23(3)9-10-25(18)12-15-5-7-16(8-6-15)19(26)22-17-11-21-24(4)13-17/h5-8,11,13-14,18H,9-10,12H2,1-4H3,(H,22,26). The Morgan fingerprint density at radius 2 is 1.93 bits per heavy atom. The molecule has 1 atom stereocenters. The van der Waals surface area contributed by atoms with Crippen molar-refractivity contribution in [1.29, 1.82) is 0 Å².